The molecule has 8 heteroatoms. The van der Waals surface area contributed by atoms with Gasteiger partial charge in [-0.25, -0.2) is 0 Å². The minimum atomic E-state index is 0. The summed E-state index contributed by atoms with van der Waals surface area (Å²) in [6.07, 6.45) is 8.15. The molecule has 0 atom stereocenters. The van der Waals surface area contributed by atoms with Gasteiger partial charge >= 0.3 is 0 Å². The van der Waals surface area contributed by atoms with Gasteiger partial charge in [-0.15, -0.1) is 0 Å². The van der Waals surface area contributed by atoms with Crippen molar-refractivity contribution in [3.05, 3.63) is 0 Å². The fourth-order valence-corrected chi connectivity index (χ4v) is 0.632. The fraction of sp³-hybridized carbons (Fsp3) is 1.00. The molecule has 0 aromatic heterocycles. The van der Waals surface area contributed by atoms with E-state index in [1.54, 1.807) is 0 Å². The number of rotatable bonds is 8. The van der Waals surface area contributed by atoms with E-state index in [0.717, 1.165) is 51.4 Å². The first kappa shape index (κ1) is 50.1. The first-order valence-electron chi connectivity index (χ1n) is 8.09. The van der Waals surface area contributed by atoms with Crippen molar-refractivity contribution in [3.8, 4) is 0 Å². The molecule has 0 aliphatic carbocycles. The van der Waals surface area contributed by atoms with Crippen LogP contribution in [-0.4, -0.2) is 46.9 Å². The van der Waals surface area contributed by atoms with E-state index in [9.17, 15) is 0 Å². The monoisotopic (exact) mass is 462 g/mol. The number of hydrogen-bond acceptors (Lipinski definition) is 4. The number of aliphatic hydroxyl groups excluding tert-OH is 4. The zero-order chi connectivity index (χ0) is 16.5. The van der Waals surface area contributed by atoms with Gasteiger partial charge in [-0.2, -0.15) is 0 Å². The van der Waals surface area contributed by atoms with Crippen LogP contribution in [0.4, 0.5) is 0 Å². The summed E-state index contributed by atoms with van der Waals surface area (Å²) >= 11 is 0. The summed E-state index contributed by atoms with van der Waals surface area (Å²) < 4.78 is 0. The molecule has 0 aromatic rings. The topological polar surface area (TPSA) is 80.9 Å². The number of halogens is 2. The Kier molecular flexibility index (Phi) is 154. The van der Waals surface area contributed by atoms with Crippen LogP contribution in [0.5, 0.6) is 0 Å². The Morgan fingerprint density at radius 2 is 0.542 bits per heavy atom. The minimum Gasteiger partial charge on any atom is -1.00 e. The molecule has 0 saturated heterocycles. The minimum absolute atomic E-state index is 0. The molecule has 0 spiro atoms. The van der Waals surface area contributed by atoms with Crippen LogP contribution < -0.4 is 24.8 Å². The van der Waals surface area contributed by atoms with Crippen molar-refractivity contribution < 1.29 is 88.7 Å². The fourth-order valence-electron chi connectivity index (χ4n) is 0.632. The van der Waals surface area contributed by atoms with E-state index in [1.165, 1.54) is 0 Å². The van der Waals surface area contributed by atoms with Gasteiger partial charge in [0.2, 0.25) is 0 Å². The molecule has 0 rings (SSSR count). The van der Waals surface area contributed by atoms with E-state index >= 15 is 0 Å². The molecule has 0 aromatic carbocycles. The van der Waals surface area contributed by atoms with Crippen molar-refractivity contribution in [2.75, 3.05) is 26.4 Å². The normalized spacial score (nSPS) is 7.00. The quantitative estimate of drug-likeness (QED) is 0.292. The maximum Gasteiger partial charge on any atom is 0.0430 e. The molecule has 0 bridgehead atoms. The second-order valence-electron chi connectivity index (χ2n) is 4.31. The standard InChI is InChI=1S/4C4H10O.2ClH.2Ti/c4*1-2-3-4-5;;;;/h4*5H,2-4H2,1H3;2*1H;;/p-2. The summed E-state index contributed by atoms with van der Waals surface area (Å²) in [5.41, 5.74) is 0. The Hall–Kier alpha value is 1.85. The maximum atomic E-state index is 8.07. The Bertz CT molecular complexity index is 88.1. The molecule has 0 radical (unpaired) electrons. The zero-order valence-corrected chi connectivity index (χ0v) is 20.7. The van der Waals surface area contributed by atoms with Crippen LogP contribution in [0.3, 0.4) is 0 Å². The van der Waals surface area contributed by atoms with Crippen molar-refractivity contribution in [1.29, 1.82) is 0 Å². The van der Waals surface area contributed by atoms with Crippen LogP contribution in [0.2, 0.25) is 0 Å². The van der Waals surface area contributed by atoms with Gasteiger partial charge in [0.15, 0.2) is 0 Å². The molecule has 4 N–H and O–H groups in total. The average molecular weight is 463 g/mol. The molecule has 0 unspecified atom stereocenters. The van der Waals surface area contributed by atoms with Crippen LogP contribution in [0.25, 0.3) is 0 Å². The van der Waals surface area contributed by atoms with Crippen molar-refractivity contribution in [3.63, 3.8) is 0 Å². The van der Waals surface area contributed by atoms with E-state index in [2.05, 4.69) is 27.7 Å². The van der Waals surface area contributed by atoms with Gasteiger partial charge < -0.3 is 45.2 Å². The van der Waals surface area contributed by atoms with Crippen molar-refractivity contribution in [2.24, 2.45) is 0 Å². The van der Waals surface area contributed by atoms with Crippen LogP contribution in [0.15, 0.2) is 0 Å². The van der Waals surface area contributed by atoms with Crippen molar-refractivity contribution in [2.45, 2.75) is 79.1 Å². The zero-order valence-electron chi connectivity index (χ0n) is 16.0. The van der Waals surface area contributed by atoms with Crippen LogP contribution in [0, 0.1) is 0 Å². The third-order valence-electron chi connectivity index (χ3n) is 2.05. The molecule has 0 aliphatic heterocycles. The van der Waals surface area contributed by atoms with E-state index in [4.69, 9.17) is 20.4 Å². The predicted molar refractivity (Wildman–Crippen MR) is 88.0 cm³/mol. The van der Waals surface area contributed by atoms with Gasteiger partial charge in [0.1, 0.15) is 0 Å². The smallest absolute Gasteiger partial charge is 0.0430 e. The van der Waals surface area contributed by atoms with Gasteiger partial charge in [0, 0.05) is 69.9 Å². The van der Waals surface area contributed by atoms with Gasteiger partial charge in [-0.05, 0) is 25.7 Å². The molecule has 0 amide bonds. The largest absolute Gasteiger partial charge is 1.00 e. The molecule has 0 aliphatic rings. The summed E-state index contributed by atoms with van der Waals surface area (Å²) in [4.78, 5) is 0. The summed E-state index contributed by atoms with van der Waals surface area (Å²) in [6, 6.07) is 0. The first-order valence-corrected chi connectivity index (χ1v) is 8.09. The van der Waals surface area contributed by atoms with Gasteiger partial charge in [-0.1, -0.05) is 53.4 Å². The van der Waals surface area contributed by atoms with Gasteiger partial charge in [-0.3, -0.25) is 0 Å². The molecule has 0 fully saturated rings. The Morgan fingerprint density at radius 1 is 0.417 bits per heavy atom. The van der Waals surface area contributed by atoms with E-state index < -0.39 is 0 Å². The average Bonchev–Trinajstić information content (AvgIpc) is 2.44. The molecule has 0 heterocycles. The number of aliphatic hydroxyl groups is 4. The van der Waals surface area contributed by atoms with Crippen LogP contribution >= 0.6 is 0 Å². The molecular formula is C16H40Cl2O4Ti2-2. The molecular weight excluding hydrogens is 423 g/mol. The predicted octanol–water partition coefficient (Wildman–Crippen LogP) is -2.88. The van der Waals surface area contributed by atoms with Gasteiger partial charge in [0.05, 0.1) is 0 Å². The number of unbranched alkanes of at least 4 members (excludes halogenated alkanes) is 4. The maximum absolute atomic E-state index is 8.07. The summed E-state index contributed by atoms with van der Waals surface area (Å²) in [7, 11) is 0. The van der Waals surface area contributed by atoms with E-state index in [0.29, 0.717) is 26.4 Å². The van der Waals surface area contributed by atoms with E-state index in [-0.39, 0.29) is 68.2 Å². The van der Waals surface area contributed by atoms with E-state index in [1.807, 2.05) is 0 Å². The second kappa shape index (κ2) is 73.7. The Morgan fingerprint density at radius 3 is 0.542 bits per heavy atom. The SMILES string of the molecule is CCCCO.CCCCO.CCCCO.CCCCO.[Cl-].[Cl-].[Ti].[Ti]. The number of hydrogen-bond donors (Lipinski definition) is 4. The third kappa shape index (κ3) is 128. The van der Waals surface area contributed by atoms with Crippen LogP contribution in [-0.2, 0) is 43.4 Å². The first-order chi connectivity index (χ1) is 9.66. The summed E-state index contributed by atoms with van der Waals surface area (Å²) in [5.74, 6) is 0. The third-order valence-corrected chi connectivity index (χ3v) is 2.05. The Labute approximate surface area is 193 Å². The molecule has 0 saturated carbocycles. The summed E-state index contributed by atoms with van der Waals surface area (Å²) in [6.45, 7) is 9.58. The second-order valence-corrected chi connectivity index (χ2v) is 4.31. The van der Waals surface area contributed by atoms with Crippen LogP contribution in [0.1, 0.15) is 79.1 Å². The molecule has 24 heavy (non-hydrogen) atoms. The summed E-state index contributed by atoms with van der Waals surface area (Å²) in [5, 5.41) is 32.3. The van der Waals surface area contributed by atoms with Crippen molar-refractivity contribution in [1.82, 2.24) is 0 Å². The van der Waals surface area contributed by atoms with Gasteiger partial charge in [0.25, 0.3) is 0 Å². The van der Waals surface area contributed by atoms with Crippen molar-refractivity contribution >= 4 is 0 Å². The Balaban J connectivity index is -0.0000000225. The molecule has 152 valence electrons. The molecule has 4 nitrogen and oxygen atoms in total.